The fraction of sp³-hybridized carbons (Fsp3) is 0.458. The number of benzene rings is 1. The zero-order valence-electron chi connectivity index (χ0n) is 19.2. The average molecular weight is 488 g/mol. The number of hydrogen-bond donors (Lipinski definition) is 3. The van der Waals surface area contributed by atoms with Crippen LogP contribution in [0.15, 0.2) is 36.8 Å². The van der Waals surface area contributed by atoms with Gasteiger partial charge in [0.25, 0.3) is 12.3 Å². The minimum atomic E-state index is -2.77. The minimum Gasteiger partial charge on any atom is -0.484 e. The number of anilines is 2. The second-order valence-electron chi connectivity index (χ2n) is 9.41. The van der Waals surface area contributed by atoms with Crippen LogP contribution in [0.2, 0.25) is 0 Å². The Balaban J connectivity index is 1.45. The zero-order valence-corrected chi connectivity index (χ0v) is 19.2. The number of alkyl halides is 2. The van der Waals surface area contributed by atoms with Gasteiger partial charge in [0.1, 0.15) is 23.0 Å². The van der Waals surface area contributed by atoms with E-state index in [0.29, 0.717) is 60.7 Å². The van der Waals surface area contributed by atoms with Gasteiger partial charge in [-0.25, -0.2) is 18.3 Å². The molecule has 1 saturated heterocycles. The Morgan fingerprint density at radius 3 is 2.83 bits per heavy atom. The first kappa shape index (κ1) is 23.4. The number of piperidine rings is 1. The number of aliphatic hydroxyl groups excluding tert-OH is 2. The molecule has 0 radical (unpaired) electrons. The Hall–Kier alpha value is -3.31. The summed E-state index contributed by atoms with van der Waals surface area (Å²) in [5.41, 5.74) is 2.05. The summed E-state index contributed by atoms with van der Waals surface area (Å²) in [5.74, 6) is -0.258. The molecule has 4 heterocycles. The highest BCUT2D eigenvalue weighted by Gasteiger charge is 2.37. The second-order valence-corrected chi connectivity index (χ2v) is 9.41. The molecular formula is C24H27F2N5O4. The van der Waals surface area contributed by atoms with Gasteiger partial charge in [-0.15, -0.1) is 0 Å². The maximum Gasteiger partial charge on any atom is 0.264 e. The third kappa shape index (κ3) is 4.41. The van der Waals surface area contributed by atoms with Crippen LogP contribution in [0.1, 0.15) is 35.7 Å². The van der Waals surface area contributed by atoms with Crippen molar-refractivity contribution in [2.45, 2.75) is 44.3 Å². The average Bonchev–Trinajstić information content (AvgIpc) is 3.44. The molecule has 0 bridgehead atoms. The van der Waals surface area contributed by atoms with E-state index in [-0.39, 0.29) is 12.5 Å². The molecule has 2 aliphatic rings. The monoisotopic (exact) mass is 487 g/mol. The number of halogens is 2. The van der Waals surface area contributed by atoms with Crippen LogP contribution >= 0.6 is 0 Å². The lowest BCUT2D eigenvalue weighted by Gasteiger charge is -2.36. The molecule has 5 rings (SSSR count). The van der Waals surface area contributed by atoms with Crippen LogP contribution in [0.25, 0.3) is 5.65 Å². The van der Waals surface area contributed by atoms with Gasteiger partial charge in [-0.05, 0) is 37.8 Å². The van der Waals surface area contributed by atoms with E-state index < -0.39 is 24.0 Å². The molecule has 1 amide bonds. The lowest BCUT2D eigenvalue weighted by molar-refractivity contribution is -0.0441. The maximum atomic E-state index is 13.2. The summed E-state index contributed by atoms with van der Waals surface area (Å²) in [5, 5.41) is 26.7. The van der Waals surface area contributed by atoms with Crippen molar-refractivity contribution in [1.29, 1.82) is 0 Å². The fourth-order valence-electron chi connectivity index (χ4n) is 4.87. The summed E-state index contributed by atoms with van der Waals surface area (Å²) in [7, 11) is 0. The standard InChI is InChI=1S/C24H27F2N5O4/c1-24(13-32)11-15-9-17(29-23(34)16-12-28-31-6-2-5-27-22(16)31)18(10-19(15)35-24)30-7-3-14(4-8-30)20(33)21(25)26/h2,5-6,9-10,12,14,20-21,32-33H,3-4,7-8,11,13H2,1H3,(H,29,34). The molecule has 35 heavy (non-hydrogen) atoms. The molecule has 186 valence electrons. The van der Waals surface area contributed by atoms with Crippen molar-refractivity contribution >= 4 is 22.9 Å². The SMILES string of the molecule is CC1(CO)Cc2cc(NC(=O)c3cnn4cccnc34)c(N3CCC(C(O)C(F)F)CC3)cc2O1. The summed E-state index contributed by atoms with van der Waals surface area (Å²) in [6, 6.07) is 5.37. The highest BCUT2D eigenvalue weighted by atomic mass is 19.3. The fourth-order valence-corrected chi connectivity index (χ4v) is 4.87. The second kappa shape index (κ2) is 9.04. The van der Waals surface area contributed by atoms with Crippen LogP contribution in [-0.4, -0.2) is 68.5 Å². The summed E-state index contributed by atoms with van der Waals surface area (Å²) in [4.78, 5) is 19.5. The minimum absolute atomic E-state index is 0.163. The number of nitrogens with zero attached hydrogens (tertiary/aromatic N) is 4. The van der Waals surface area contributed by atoms with E-state index in [4.69, 9.17) is 4.74 Å². The number of aromatic nitrogens is 3. The molecule has 2 aliphatic heterocycles. The van der Waals surface area contributed by atoms with Crippen molar-refractivity contribution in [3.63, 3.8) is 0 Å². The van der Waals surface area contributed by atoms with Gasteiger partial charge < -0.3 is 25.2 Å². The number of rotatable bonds is 6. The molecule has 0 spiro atoms. The molecule has 11 heteroatoms. The van der Waals surface area contributed by atoms with E-state index in [1.807, 2.05) is 24.0 Å². The van der Waals surface area contributed by atoms with Gasteiger partial charge in [0, 0.05) is 43.5 Å². The highest BCUT2D eigenvalue weighted by molar-refractivity contribution is 6.09. The van der Waals surface area contributed by atoms with E-state index in [0.717, 1.165) is 5.56 Å². The molecule has 0 saturated carbocycles. The van der Waals surface area contributed by atoms with Gasteiger partial charge in [-0.3, -0.25) is 4.79 Å². The predicted octanol–water partition coefficient (Wildman–Crippen LogP) is 2.51. The highest BCUT2D eigenvalue weighted by Crippen LogP contribution is 2.43. The number of carbonyl (C=O) groups excluding carboxylic acids is 1. The Kier molecular flexibility index (Phi) is 6.06. The Morgan fingerprint density at radius 2 is 2.11 bits per heavy atom. The van der Waals surface area contributed by atoms with Crippen LogP contribution in [-0.2, 0) is 6.42 Å². The van der Waals surface area contributed by atoms with E-state index >= 15 is 0 Å². The third-order valence-corrected chi connectivity index (χ3v) is 6.83. The van der Waals surface area contributed by atoms with Crippen molar-refractivity contribution in [2.24, 2.45) is 5.92 Å². The van der Waals surface area contributed by atoms with E-state index in [2.05, 4.69) is 15.4 Å². The summed E-state index contributed by atoms with van der Waals surface area (Å²) in [6.07, 6.45) is 1.58. The molecule has 2 unspecified atom stereocenters. The van der Waals surface area contributed by atoms with Crippen LogP contribution in [0.4, 0.5) is 20.2 Å². The van der Waals surface area contributed by atoms with Crippen molar-refractivity contribution in [3.8, 4) is 5.75 Å². The van der Waals surface area contributed by atoms with Gasteiger partial charge in [0.2, 0.25) is 0 Å². The van der Waals surface area contributed by atoms with Crippen molar-refractivity contribution in [2.75, 3.05) is 29.9 Å². The Labute approximate surface area is 200 Å². The molecule has 2 atom stereocenters. The largest absolute Gasteiger partial charge is 0.484 e. The molecule has 3 aromatic rings. The number of amides is 1. The van der Waals surface area contributed by atoms with Gasteiger partial charge in [0.05, 0.1) is 24.2 Å². The smallest absolute Gasteiger partial charge is 0.264 e. The topological polar surface area (TPSA) is 112 Å². The van der Waals surface area contributed by atoms with Crippen LogP contribution in [0, 0.1) is 5.92 Å². The van der Waals surface area contributed by atoms with E-state index in [9.17, 15) is 23.8 Å². The zero-order chi connectivity index (χ0) is 24.7. The lowest BCUT2D eigenvalue weighted by atomic mass is 9.91. The van der Waals surface area contributed by atoms with E-state index in [1.165, 1.54) is 10.7 Å². The first-order valence-corrected chi connectivity index (χ1v) is 11.6. The Morgan fingerprint density at radius 1 is 1.34 bits per heavy atom. The number of ether oxygens (including phenoxy) is 1. The number of carbonyl (C=O) groups is 1. The molecule has 3 N–H and O–H groups in total. The van der Waals surface area contributed by atoms with Gasteiger partial charge in [-0.1, -0.05) is 0 Å². The first-order chi connectivity index (χ1) is 16.8. The molecular weight excluding hydrogens is 460 g/mol. The van der Waals surface area contributed by atoms with Gasteiger partial charge in [-0.2, -0.15) is 5.10 Å². The number of hydrogen-bond acceptors (Lipinski definition) is 7. The summed E-state index contributed by atoms with van der Waals surface area (Å²) >= 11 is 0. The van der Waals surface area contributed by atoms with Crippen LogP contribution in [0.3, 0.4) is 0 Å². The molecule has 1 aromatic carbocycles. The van der Waals surface area contributed by atoms with Crippen molar-refractivity contribution < 1.29 is 28.5 Å². The predicted molar refractivity (Wildman–Crippen MR) is 124 cm³/mol. The van der Waals surface area contributed by atoms with Gasteiger partial charge in [0.15, 0.2) is 5.65 Å². The molecule has 2 aromatic heterocycles. The first-order valence-electron chi connectivity index (χ1n) is 11.6. The van der Waals surface area contributed by atoms with Crippen LogP contribution < -0.4 is 15.0 Å². The van der Waals surface area contributed by atoms with Crippen molar-refractivity contribution in [3.05, 3.63) is 47.9 Å². The molecule has 9 nitrogen and oxygen atoms in total. The summed E-state index contributed by atoms with van der Waals surface area (Å²) in [6.45, 7) is 2.52. The Bertz CT molecular complexity index is 1240. The van der Waals surface area contributed by atoms with Gasteiger partial charge >= 0.3 is 0 Å². The maximum absolute atomic E-state index is 13.2. The molecule has 1 fully saturated rings. The number of nitrogens with one attached hydrogen (secondary N) is 1. The normalized spacial score (nSPS) is 21.3. The number of aliphatic hydroxyl groups is 2. The number of fused-ring (bicyclic) bond motifs is 2. The third-order valence-electron chi connectivity index (χ3n) is 6.83. The van der Waals surface area contributed by atoms with E-state index in [1.54, 1.807) is 18.5 Å². The molecule has 0 aliphatic carbocycles. The van der Waals surface area contributed by atoms with Crippen LogP contribution in [0.5, 0.6) is 5.75 Å². The quantitative estimate of drug-likeness (QED) is 0.490. The lowest BCUT2D eigenvalue weighted by Crippen LogP contribution is -2.40. The van der Waals surface area contributed by atoms with Crippen molar-refractivity contribution in [1.82, 2.24) is 14.6 Å². The summed E-state index contributed by atoms with van der Waals surface area (Å²) < 4.78 is 33.5.